The summed E-state index contributed by atoms with van der Waals surface area (Å²) in [5.41, 5.74) is 0.117. The number of carboxylic acid groups (broad SMARTS) is 1. The van der Waals surface area contributed by atoms with Gasteiger partial charge in [-0.25, -0.2) is 4.98 Å². The van der Waals surface area contributed by atoms with Crippen molar-refractivity contribution in [2.75, 3.05) is 0 Å². The number of nitrogens with zero attached hydrogens (tertiary/aromatic N) is 2. The minimum atomic E-state index is -0.979. The zero-order valence-electron chi connectivity index (χ0n) is 8.83. The summed E-state index contributed by atoms with van der Waals surface area (Å²) < 4.78 is 1.22. The van der Waals surface area contributed by atoms with E-state index in [0.29, 0.717) is 5.52 Å². The molecule has 0 atom stereocenters. The van der Waals surface area contributed by atoms with Crippen molar-refractivity contribution in [3.8, 4) is 5.75 Å². The van der Waals surface area contributed by atoms with Crippen molar-refractivity contribution in [1.29, 1.82) is 0 Å². The lowest BCUT2D eigenvalue weighted by Crippen LogP contribution is -2.21. The number of fused-ring (bicyclic) bond motifs is 1. The summed E-state index contributed by atoms with van der Waals surface area (Å²) in [5.74, 6) is -1.000. The second-order valence-corrected chi connectivity index (χ2v) is 3.59. The van der Waals surface area contributed by atoms with Crippen molar-refractivity contribution < 1.29 is 15.0 Å². The van der Waals surface area contributed by atoms with Crippen LogP contribution < -0.4 is 5.56 Å². The molecule has 17 heavy (non-hydrogen) atoms. The van der Waals surface area contributed by atoms with Gasteiger partial charge >= 0.3 is 5.97 Å². The van der Waals surface area contributed by atoms with Gasteiger partial charge < -0.3 is 10.2 Å². The fourth-order valence-electron chi connectivity index (χ4n) is 1.52. The maximum Gasteiger partial charge on any atom is 0.305 e. The highest BCUT2D eigenvalue weighted by Crippen LogP contribution is 2.14. The van der Waals surface area contributed by atoms with Gasteiger partial charge in [-0.05, 0) is 18.2 Å². The SMILES string of the molecule is O=C(O)CCn1cnc2ccc(O)cc2c1=O. The van der Waals surface area contributed by atoms with Crippen molar-refractivity contribution in [2.45, 2.75) is 13.0 Å². The van der Waals surface area contributed by atoms with Crippen LogP contribution in [0, 0.1) is 0 Å². The Balaban J connectivity index is 2.49. The molecule has 6 heteroatoms. The quantitative estimate of drug-likeness (QED) is 0.810. The third-order valence-corrected chi connectivity index (χ3v) is 2.37. The first-order chi connectivity index (χ1) is 8.08. The predicted octanol–water partition coefficient (Wildman–Crippen LogP) is 0.577. The molecule has 1 aromatic heterocycles. The largest absolute Gasteiger partial charge is 0.508 e. The number of aromatic nitrogens is 2. The van der Waals surface area contributed by atoms with Gasteiger partial charge in [0.25, 0.3) is 5.56 Å². The first kappa shape index (κ1) is 11.1. The normalized spacial score (nSPS) is 10.6. The Kier molecular flexibility index (Phi) is 2.78. The van der Waals surface area contributed by atoms with Gasteiger partial charge in [-0.15, -0.1) is 0 Å². The Morgan fingerprint density at radius 1 is 1.41 bits per heavy atom. The number of aromatic hydroxyl groups is 1. The fraction of sp³-hybridized carbons (Fsp3) is 0.182. The number of rotatable bonds is 3. The molecule has 0 bridgehead atoms. The molecule has 2 N–H and O–H groups in total. The molecule has 0 aliphatic carbocycles. The summed E-state index contributed by atoms with van der Waals surface area (Å²) in [7, 11) is 0. The number of aliphatic carboxylic acids is 1. The molecule has 0 unspecified atom stereocenters. The molecule has 2 aromatic rings. The van der Waals surface area contributed by atoms with E-state index in [1.54, 1.807) is 0 Å². The van der Waals surface area contributed by atoms with Crippen LogP contribution in [0.2, 0.25) is 0 Å². The molecule has 0 amide bonds. The number of benzene rings is 1. The maximum absolute atomic E-state index is 11.9. The fourth-order valence-corrected chi connectivity index (χ4v) is 1.52. The van der Waals surface area contributed by atoms with Crippen LogP contribution >= 0.6 is 0 Å². The number of hydrogen-bond donors (Lipinski definition) is 2. The average Bonchev–Trinajstić information content (AvgIpc) is 2.29. The highest BCUT2D eigenvalue weighted by atomic mass is 16.4. The molecular weight excluding hydrogens is 224 g/mol. The Labute approximate surface area is 95.8 Å². The number of aryl methyl sites for hydroxylation is 1. The van der Waals surface area contributed by atoms with Gasteiger partial charge in [-0.3, -0.25) is 14.2 Å². The molecule has 88 valence electrons. The van der Waals surface area contributed by atoms with Crippen LogP contribution in [0.4, 0.5) is 0 Å². The van der Waals surface area contributed by atoms with Crippen molar-refractivity contribution in [3.05, 3.63) is 34.9 Å². The minimum Gasteiger partial charge on any atom is -0.508 e. The van der Waals surface area contributed by atoms with Crippen LogP contribution in [-0.2, 0) is 11.3 Å². The Morgan fingerprint density at radius 2 is 2.18 bits per heavy atom. The number of hydrogen-bond acceptors (Lipinski definition) is 4. The van der Waals surface area contributed by atoms with Crippen molar-refractivity contribution in [2.24, 2.45) is 0 Å². The van der Waals surface area contributed by atoms with Crippen LogP contribution in [0.15, 0.2) is 29.3 Å². The molecule has 1 heterocycles. The highest BCUT2D eigenvalue weighted by Gasteiger charge is 2.06. The number of carbonyl (C=O) groups is 1. The van der Waals surface area contributed by atoms with E-state index < -0.39 is 5.97 Å². The Hall–Kier alpha value is -2.37. The first-order valence-corrected chi connectivity index (χ1v) is 4.98. The van der Waals surface area contributed by atoms with E-state index in [-0.39, 0.29) is 29.7 Å². The van der Waals surface area contributed by atoms with E-state index in [0.717, 1.165) is 0 Å². The van der Waals surface area contributed by atoms with Crippen LogP contribution in [-0.4, -0.2) is 25.7 Å². The van der Waals surface area contributed by atoms with Crippen LogP contribution in [0.3, 0.4) is 0 Å². The standard InChI is InChI=1S/C11H10N2O4/c14-7-1-2-9-8(5-7)11(17)13(6-12-9)4-3-10(15)16/h1-2,5-6,14H,3-4H2,(H,15,16). The van der Waals surface area contributed by atoms with Gasteiger partial charge in [0.2, 0.25) is 0 Å². The van der Waals surface area contributed by atoms with Gasteiger partial charge in [-0.1, -0.05) is 0 Å². The lowest BCUT2D eigenvalue weighted by Gasteiger charge is -2.04. The molecule has 0 aliphatic heterocycles. The zero-order valence-corrected chi connectivity index (χ0v) is 8.83. The van der Waals surface area contributed by atoms with Crippen molar-refractivity contribution in [1.82, 2.24) is 9.55 Å². The van der Waals surface area contributed by atoms with Crippen LogP contribution in [0.25, 0.3) is 10.9 Å². The molecular formula is C11H10N2O4. The molecule has 6 nitrogen and oxygen atoms in total. The van der Waals surface area contributed by atoms with E-state index in [9.17, 15) is 14.7 Å². The first-order valence-electron chi connectivity index (χ1n) is 4.98. The van der Waals surface area contributed by atoms with E-state index in [1.807, 2.05) is 0 Å². The molecule has 0 saturated carbocycles. The predicted molar refractivity (Wildman–Crippen MR) is 59.9 cm³/mol. The Morgan fingerprint density at radius 3 is 2.88 bits per heavy atom. The molecule has 0 saturated heterocycles. The monoisotopic (exact) mass is 234 g/mol. The molecule has 0 radical (unpaired) electrons. The number of phenols is 1. The molecule has 0 fully saturated rings. The summed E-state index contributed by atoms with van der Waals surface area (Å²) in [6.07, 6.45) is 1.16. The third-order valence-electron chi connectivity index (χ3n) is 2.37. The minimum absolute atomic E-state index is 0.0209. The summed E-state index contributed by atoms with van der Waals surface area (Å²) in [6, 6.07) is 4.30. The third kappa shape index (κ3) is 2.25. The van der Waals surface area contributed by atoms with Crippen LogP contribution in [0.5, 0.6) is 5.75 Å². The van der Waals surface area contributed by atoms with Gasteiger partial charge in [-0.2, -0.15) is 0 Å². The number of phenolic OH excluding ortho intramolecular Hbond substituents is 1. The smallest absolute Gasteiger partial charge is 0.305 e. The van der Waals surface area contributed by atoms with E-state index in [2.05, 4.69) is 4.98 Å². The van der Waals surface area contributed by atoms with Gasteiger partial charge in [0.05, 0.1) is 23.7 Å². The van der Waals surface area contributed by atoms with E-state index >= 15 is 0 Å². The average molecular weight is 234 g/mol. The van der Waals surface area contributed by atoms with Gasteiger partial charge in [0.15, 0.2) is 0 Å². The van der Waals surface area contributed by atoms with Crippen molar-refractivity contribution >= 4 is 16.9 Å². The van der Waals surface area contributed by atoms with E-state index in [1.165, 1.54) is 29.1 Å². The molecule has 0 spiro atoms. The summed E-state index contributed by atoms with van der Waals surface area (Å²) in [6.45, 7) is 0.0623. The van der Waals surface area contributed by atoms with E-state index in [4.69, 9.17) is 5.11 Å². The molecule has 1 aromatic carbocycles. The van der Waals surface area contributed by atoms with Gasteiger partial charge in [0, 0.05) is 6.54 Å². The second-order valence-electron chi connectivity index (χ2n) is 3.59. The lowest BCUT2D eigenvalue weighted by atomic mass is 10.2. The summed E-state index contributed by atoms with van der Waals surface area (Å²) in [4.78, 5) is 26.4. The molecule has 0 aliphatic rings. The maximum atomic E-state index is 11.9. The topological polar surface area (TPSA) is 92.4 Å². The zero-order chi connectivity index (χ0) is 12.4. The molecule has 2 rings (SSSR count). The summed E-state index contributed by atoms with van der Waals surface area (Å²) in [5, 5.41) is 18.1. The van der Waals surface area contributed by atoms with Crippen molar-refractivity contribution in [3.63, 3.8) is 0 Å². The highest BCUT2D eigenvalue weighted by molar-refractivity contribution is 5.78. The summed E-state index contributed by atoms with van der Waals surface area (Å²) >= 11 is 0. The Bertz CT molecular complexity index is 633. The second kappa shape index (κ2) is 4.25. The van der Waals surface area contributed by atoms with Crippen LogP contribution in [0.1, 0.15) is 6.42 Å². The lowest BCUT2D eigenvalue weighted by molar-refractivity contribution is -0.137. The number of carboxylic acids is 1. The van der Waals surface area contributed by atoms with Gasteiger partial charge in [0.1, 0.15) is 5.75 Å².